The number of amides is 2. The van der Waals surface area contributed by atoms with Gasteiger partial charge in [-0.05, 0) is 69.8 Å². The van der Waals surface area contributed by atoms with Gasteiger partial charge in [-0.2, -0.15) is 0 Å². The molecule has 2 amide bonds. The number of hydrogen-bond donors (Lipinski definition) is 2. The minimum Gasteiger partial charge on any atom is -0.493 e. The second-order valence-electron chi connectivity index (χ2n) is 11.2. The van der Waals surface area contributed by atoms with Gasteiger partial charge in [0.2, 0.25) is 5.91 Å². The maximum atomic E-state index is 15.0. The Kier molecular flexibility index (Phi) is 8.81. The molecule has 8 nitrogen and oxygen atoms in total. The van der Waals surface area contributed by atoms with E-state index < -0.39 is 35.8 Å². The third-order valence-corrected chi connectivity index (χ3v) is 8.70. The highest BCUT2D eigenvalue weighted by Crippen LogP contribution is 2.49. The van der Waals surface area contributed by atoms with E-state index in [0.29, 0.717) is 31.4 Å². The molecule has 0 heterocycles. The maximum absolute atomic E-state index is 15.0. The molecule has 0 aromatic heterocycles. The van der Waals surface area contributed by atoms with Crippen molar-refractivity contribution in [2.75, 3.05) is 20.9 Å². The number of rotatable bonds is 10. The zero-order valence-corrected chi connectivity index (χ0v) is 22.8. The molecule has 1 aromatic carbocycles. The van der Waals surface area contributed by atoms with Gasteiger partial charge in [-0.25, -0.2) is 4.39 Å². The molecule has 1 aromatic rings. The van der Waals surface area contributed by atoms with Gasteiger partial charge in [0.25, 0.3) is 5.91 Å². The number of benzene rings is 1. The average molecular weight is 549 g/mol. The number of halogens is 2. The van der Waals surface area contributed by atoms with Crippen LogP contribution >= 0.6 is 0 Å². The first-order valence-electron chi connectivity index (χ1n) is 13.6. The van der Waals surface area contributed by atoms with Crippen LogP contribution in [0.2, 0.25) is 0 Å². The second kappa shape index (κ2) is 11.9. The molecule has 2 N–H and O–H groups in total. The van der Waals surface area contributed by atoms with Gasteiger partial charge < -0.3 is 24.8 Å². The molecular weight excluding hydrogens is 510 g/mol. The fourth-order valence-electron chi connectivity index (χ4n) is 6.54. The summed E-state index contributed by atoms with van der Waals surface area (Å²) < 4.78 is 43.9. The summed E-state index contributed by atoms with van der Waals surface area (Å²) in [5.74, 6) is -2.11. The zero-order valence-electron chi connectivity index (χ0n) is 22.8. The van der Waals surface area contributed by atoms with Crippen molar-refractivity contribution in [3.63, 3.8) is 0 Å². The first-order chi connectivity index (χ1) is 18.6. The molecule has 10 heteroatoms. The lowest BCUT2D eigenvalue weighted by atomic mass is 9.75. The standard InChI is InChI=1S/C29H38F2N2O6/c1-16(9-12-30)32-27(35)23-17-5-6-18(13-17)24(23)33-26(34)21-14-20(15-22(31)25(21)37-3)39-19-7-10-29(2,11-8-19)28(36)38-4/h14-15,17-19,23-24H,1,5-13H2,2-4H3,(H,32,35)(H,33,34)/t17-,18+,19-,23+,24-,29+/m1/s1. The van der Waals surface area contributed by atoms with E-state index in [1.54, 1.807) is 0 Å². The van der Waals surface area contributed by atoms with E-state index >= 15 is 4.39 Å². The largest absolute Gasteiger partial charge is 0.493 e. The van der Waals surface area contributed by atoms with Gasteiger partial charge in [0.1, 0.15) is 5.75 Å². The Morgan fingerprint density at radius 3 is 2.44 bits per heavy atom. The van der Waals surface area contributed by atoms with Crippen molar-refractivity contribution in [1.29, 1.82) is 0 Å². The Morgan fingerprint density at radius 2 is 1.79 bits per heavy atom. The number of ether oxygens (including phenoxy) is 3. The number of methoxy groups -OCH3 is 2. The second-order valence-corrected chi connectivity index (χ2v) is 11.2. The quantitative estimate of drug-likeness (QED) is 0.419. The summed E-state index contributed by atoms with van der Waals surface area (Å²) in [5, 5.41) is 5.66. The summed E-state index contributed by atoms with van der Waals surface area (Å²) in [7, 11) is 2.66. The molecule has 0 unspecified atom stereocenters. The van der Waals surface area contributed by atoms with Crippen LogP contribution in [-0.4, -0.2) is 50.8 Å². The molecule has 0 radical (unpaired) electrons. The summed E-state index contributed by atoms with van der Waals surface area (Å²) in [4.78, 5) is 38.6. The lowest BCUT2D eigenvalue weighted by Crippen LogP contribution is -2.49. The number of carbonyl (C=O) groups excluding carboxylic acids is 3. The summed E-state index contributed by atoms with van der Waals surface area (Å²) in [6.45, 7) is 4.95. The highest BCUT2D eigenvalue weighted by atomic mass is 19.1. The van der Waals surface area contributed by atoms with Crippen LogP contribution in [0.25, 0.3) is 0 Å². The van der Waals surface area contributed by atoms with E-state index in [4.69, 9.17) is 14.2 Å². The van der Waals surface area contributed by atoms with Gasteiger partial charge in [-0.1, -0.05) is 6.58 Å². The summed E-state index contributed by atoms with van der Waals surface area (Å²) in [5.41, 5.74) is -0.294. The molecule has 3 fully saturated rings. The Hall–Kier alpha value is -3.17. The van der Waals surface area contributed by atoms with E-state index in [1.807, 2.05) is 6.92 Å². The van der Waals surface area contributed by atoms with Gasteiger partial charge in [0, 0.05) is 24.2 Å². The van der Waals surface area contributed by atoms with Crippen LogP contribution in [0.15, 0.2) is 24.4 Å². The van der Waals surface area contributed by atoms with Crippen LogP contribution in [-0.2, 0) is 14.3 Å². The van der Waals surface area contributed by atoms with Crippen LogP contribution in [0.5, 0.6) is 11.5 Å². The van der Waals surface area contributed by atoms with Crippen LogP contribution in [0.1, 0.15) is 68.6 Å². The number of fused-ring (bicyclic) bond motifs is 2. The topological polar surface area (TPSA) is 103 Å². The van der Waals surface area contributed by atoms with Crippen molar-refractivity contribution in [3.05, 3.63) is 35.8 Å². The average Bonchev–Trinajstić information content (AvgIpc) is 3.51. The zero-order chi connectivity index (χ0) is 28.3. The Labute approximate surface area is 227 Å². The molecule has 3 aliphatic rings. The van der Waals surface area contributed by atoms with Crippen molar-refractivity contribution in [2.24, 2.45) is 23.2 Å². The first-order valence-corrected chi connectivity index (χ1v) is 13.6. The van der Waals surface area contributed by atoms with Gasteiger partial charge in [-0.3, -0.25) is 18.8 Å². The van der Waals surface area contributed by atoms with Crippen molar-refractivity contribution in [3.8, 4) is 11.5 Å². The van der Waals surface area contributed by atoms with Crippen LogP contribution in [0.4, 0.5) is 8.78 Å². The molecule has 0 aliphatic heterocycles. The van der Waals surface area contributed by atoms with Gasteiger partial charge in [-0.15, -0.1) is 0 Å². The number of esters is 1. The lowest BCUT2D eigenvalue weighted by Gasteiger charge is -2.35. The number of alkyl halides is 1. The van der Waals surface area contributed by atoms with Gasteiger partial charge in [0.15, 0.2) is 11.6 Å². The fourth-order valence-corrected chi connectivity index (χ4v) is 6.54. The molecule has 39 heavy (non-hydrogen) atoms. The summed E-state index contributed by atoms with van der Waals surface area (Å²) in [6, 6.07) is 2.20. The number of nitrogens with one attached hydrogen (secondary N) is 2. The molecular formula is C29H38F2N2O6. The monoisotopic (exact) mass is 548 g/mol. The normalized spacial score (nSPS) is 29.4. The van der Waals surface area contributed by atoms with E-state index in [-0.39, 0.29) is 53.3 Å². The Bertz CT molecular complexity index is 1120. The third kappa shape index (κ3) is 6.04. The Balaban J connectivity index is 1.48. The number of allylic oxidation sites excluding steroid dienone is 1. The molecule has 4 rings (SSSR count). The predicted octanol–water partition coefficient (Wildman–Crippen LogP) is 4.47. The predicted molar refractivity (Wildman–Crippen MR) is 139 cm³/mol. The van der Waals surface area contributed by atoms with Crippen LogP contribution in [0.3, 0.4) is 0 Å². The van der Waals surface area contributed by atoms with Gasteiger partial charge in [0.05, 0.1) is 43.9 Å². The van der Waals surface area contributed by atoms with Crippen LogP contribution in [0, 0.1) is 29.0 Å². The fraction of sp³-hybridized carbons (Fsp3) is 0.621. The van der Waals surface area contributed by atoms with Crippen molar-refractivity contribution < 1.29 is 37.4 Å². The molecule has 2 bridgehead atoms. The smallest absolute Gasteiger partial charge is 0.311 e. The van der Waals surface area contributed by atoms with Crippen molar-refractivity contribution in [1.82, 2.24) is 10.6 Å². The minimum absolute atomic E-state index is 0.0218. The highest BCUT2D eigenvalue weighted by Gasteiger charge is 2.51. The first kappa shape index (κ1) is 28.8. The Morgan fingerprint density at radius 1 is 1.10 bits per heavy atom. The summed E-state index contributed by atoms with van der Waals surface area (Å²) in [6.07, 6.45) is 4.65. The highest BCUT2D eigenvalue weighted by molar-refractivity contribution is 5.98. The molecule has 3 aliphatic carbocycles. The van der Waals surface area contributed by atoms with Gasteiger partial charge >= 0.3 is 5.97 Å². The van der Waals surface area contributed by atoms with E-state index in [2.05, 4.69) is 17.2 Å². The molecule has 214 valence electrons. The number of hydrogen-bond acceptors (Lipinski definition) is 6. The molecule has 0 spiro atoms. The number of carbonyl (C=O) groups is 3. The lowest BCUT2D eigenvalue weighted by molar-refractivity contribution is -0.154. The SMILES string of the molecule is C=C(CCF)NC(=O)[C@H]1[C@@H]2CC[C@@H](C2)[C@H]1NC(=O)c1cc(O[C@H]2CC[C@@](C)(C(=O)OC)CC2)cc(F)c1OC. The molecule has 0 saturated heterocycles. The van der Waals surface area contributed by atoms with E-state index in [0.717, 1.165) is 19.3 Å². The van der Waals surface area contributed by atoms with E-state index in [9.17, 15) is 18.8 Å². The minimum atomic E-state index is -0.736. The molecule has 4 atom stereocenters. The van der Waals surface area contributed by atoms with Crippen molar-refractivity contribution in [2.45, 2.75) is 70.4 Å². The van der Waals surface area contributed by atoms with E-state index in [1.165, 1.54) is 26.4 Å². The molecule has 3 saturated carbocycles. The third-order valence-electron chi connectivity index (χ3n) is 8.70. The van der Waals surface area contributed by atoms with Crippen molar-refractivity contribution >= 4 is 17.8 Å². The summed E-state index contributed by atoms with van der Waals surface area (Å²) >= 11 is 0. The van der Waals surface area contributed by atoms with Crippen LogP contribution < -0.4 is 20.1 Å². The maximum Gasteiger partial charge on any atom is 0.311 e.